The van der Waals surface area contributed by atoms with Crippen LogP contribution in [0.1, 0.15) is 63.7 Å². The van der Waals surface area contributed by atoms with Crippen molar-refractivity contribution in [1.29, 1.82) is 0 Å². The van der Waals surface area contributed by atoms with Crippen LogP contribution in [0.15, 0.2) is 135 Å². The number of carbonyl (C=O) groups is 4. The molecule has 0 aliphatic rings. The molecule has 0 fully saturated rings. The number of pyridine rings is 4. The van der Waals surface area contributed by atoms with E-state index in [9.17, 15) is 39.6 Å². The Bertz CT molecular complexity index is 1890. The van der Waals surface area contributed by atoms with Gasteiger partial charge in [0.25, 0.3) is 0 Å². The highest BCUT2D eigenvalue weighted by Crippen LogP contribution is 2.34. The summed E-state index contributed by atoms with van der Waals surface area (Å²) >= 11 is 0. The number of carboxylic acids is 4. The van der Waals surface area contributed by atoms with Gasteiger partial charge in [0.1, 0.15) is 0 Å². The third-order valence-electron chi connectivity index (χ3n) is 7.06. The lowest BCUT2D eigenvalue weighted by atomic mass is 9.87. The highest BCUT2D eigenvalue weighted by Gasteiger charge is 2.27. The summed E-state index contributed by atoms with van der Waals surface area (Å²) in [5.41, 5.74) is 1.64. The first-order valence-corrected chi connectivity index (χ1v) is 15.3. The summed E-state index contributed by atoms with van der Waals surface area (Å²) in [5, 5.41) is 37.2. The van der Waals surface area contributed by atoms with Crippen molar-refractivity contribution in [2.24, 2.45) is 0 Å². The molecule has 6 aromatic rings. The summed E-state index contributed by atoms with van der Waals surface area (Å²) in [6.07, 6.45) is 22.5. The van der Waals surface area contributed by atoms with E-state index in [0.717, 1.165) is 46.5 Å². The lowest BCUT2D eigenvalue weighted by Crippen LogP contribution is -2.13. The second-order valence-corrected chi connectivity index (χ2v) is 10.5. The molecule has 258 valence electrons. The van der Waals surface area contributed by atoms with Gasteiger partial charge in [-0.15, -0.1) is 0 Å². The predicted octanol–water partition coefficient (Wildman–Crippen LogP) is 7.44. The van der Waals surface area contributed by atoms with Crippen LogP contribution >= 0.6 is 0 Å². The normalized spacial score (nSPS) is 10.4. The Kier molecular flexibility index (Phi) is 13.5. The third kappa shape index (κ3) is 10.7. The molecule has 52 heavy (non-hydrogen) atoms. The number of carboxylic acid groups (broad SMARTS) is 4. The Labute approximate surface area is 297 Å². The van der Waals surface area contributed by atoms with Crippen molar-refractivity contribution in [2.75, 3.05) is 0 Å². The van der Waals surface area contributed by atoms with Crippen LogP contribution in [-0.2, 0) is 0 Å². The van der Waals surface area contributed by atoms with Gasteiger partial charge in [-0.05, 0) is 95.1 Å². The molecule has 12 heteroatoms. The van der Waals surface area contributed by atoms with E-state index in [2.05, 4.69) is 44.2 Å². The average Bonchev–Trinajstić information content (AvgIpc) is 3.17. The minimum Gasteiger partial charge on any atom is -0.478 e. The van der Waals surface area contributed by atoms with Crippen LogP contribution in [0.25, 0.3) is 35.4 Å². The lowest BCUT2D eigenvalue weighted by Gasteiger charge is -2.15. The van der Waals surface area contributed by atoms with Crippen molar-refractivity contribution in [3.63, 3.8) is 0 Å². The minimum absolute atomic E-state index is 0.465. The maximum absolute atomic E-state index is 11.4. The molecule has 4 aromatic heterocycles. The number of aromatic carboxylic acids is 4. The molecule has 0 radical (unpaired) electrons. The summed E-state index contributed by atoms with van der Waals surface area (Å²) in [6.45, 7) is 0. The molecule has 2 aromatic carbocycles. The monoisotopic (exact) mass is 694 g/mol. The lowest BCUT2D eigenvalue weighted by molar-refractivity contribution is 0.0673. The van der Waals surface area contributed by atoms with Crippen molar-refractivity contribution in [3.05, 3.63) is 179 Å². The topological polar surface area (TPSA) is 201 Å². The number of hydrogen-bond donors (Lipinski definition) is 4. The van der Waals surface area contributed by atoms with E-state index < -0.39 is 57.3 Å². The van der Waals surface area contributed by atoms with Crippen molar-refractivity contribution in [2.45, 2.75) is 0 Å². The van der Waals surface area contributed by atoms with E-state index >= 15 is 0 Å². The molecule has 0 amide bonds. The third-order valence-corrected chi connectivity index (χ3v) is 7.06. The molecule has 0 saturated carbocycles. The summed E-state index contributed by atoms with van der Waals surface area (Å²) in [7, 11) is 0. The quantitative estimate of drug-likeness (QED) is 0.117. The Morgan fingerprint density at radius 1 is 0.346 bits per heavy atom. The summed E-state index contributed by atoms with van der Waals surface area (Å²) in [4.78, 5) is 61.6. The zero-order valence-corrected chi connectivity index (χ0v) is 27.2. The van der Waals surface area contributed by atoms with Crippen molar-refractivity contribution in [3.8, 4) is 11.1 Å². The first kappa shape index (κ1) is 37.2. The van der Waals surface area contributed by atoms with Crippen LogP contribution in [0, 0.1) is 0 Å². The van der Waals surface area contributed by atoms with Gasteiger partial charge in [-0.25, -0.2) is 19.2 Å². The van der Waals surface area contributed by atoms with Crippen LogP contribution in [-0.4, -0.2) is 64.2 Å². The van der Waals surface area contributed by atoms with E-state index in [1.54, 1.807) is 49.6 Å². The fraction of sp³-hybridized carbons (Fsp3) is 0. The second kappa shape index (κ2) is 18.8. The smallest absolute Gasteiger partial charge is 0.336 e. The van der Waals surface area contributed by atoms with Gasteiger partial charge < -0.3 is 20.4 Å². The first-order chi connectivity index (χ1) is 25.2. The van der Waals surface area contributed by atoms with E-state index in [4.69, 9.17) is 0 Å². The zero-order chi connectivity index (χ0) is 37.3. The summed E-state index contributed by atoms with van der Waals surface area (Å²) < 4.78 is 0. The van der Waals surface area contributed by atoms with Gasteiger partial charge in [0.2, 0.25) is 0 Å². The zero-order valence-electron chi connectivity index (χ0n) is 27.2. The van der Waals surface area contributed by atoms with Gasteiger partial charge >= 0.3 is 23.9 Å². The van der Waals surface area contributed by atoms with Gasteiger partial charge in [-0.2, -0.15) is 0 Å². The standard InChI is InChI=1S/C16H10O8.2C12H10N2/c17-13(18)7-3-1-4-8(14(19)20)11(7)12-9(15(21)22)5-2-6-10(12)16(23)24;2*1(11-3-7-13-8-4-11)2-12-5-9-14-10-6-12/h1-6H,(H,17,18)(H,19,20)(H,21,22)(H,23,24);2*1-10H/b;2*2-1+. The molecule has 0 aliphatic carbocycles. The molecule has 4 N–H and O–H groups in total. The maximum Gasteiger partial charge on any atom is 0.336 e. The highest BCUT2D eigenvalue weighted by atomic mass is 16.4. The number of hydrogen-bond acceptors (Lipinski definition) is 8. The largest absolute Gasteiger partial charge is 0.478 e. The van der Waals surface area contributed by atoms with E-state index in [1.165, 1.54) is 12.1 Å². The van der Waals surface area contributed by atoms with E-state index in [0.29, 0.717) is 0 Å². The summed E-state index contributed by atoms with van der Waals surface area (Å²) in [6, 6.07) is 22.4. The van der Waals surface area contributed by atoms with E-state index in [1.807, 2.05) is 48.5 Å². The number of rotatable bonds is 9. The SMILES string of the molecule is C(=C\c1ccncc1)/c1ccncc1.C(=C\c1ccncc1)/c1ccncc1.O=C(O)c1cccc(C(=O)O)c1-c1c(C(=O)O)cccc1C(=O)O. The highest BCUT2D eigenvalue weighted by molar-refractivity contribution is 6.12. The van der Waals surface area contributed by atoms with Gasteiger partial charge in [0, 0.05) is 60.7 Å². The predicted molar refractivity (Wildman–Crippen MR) is 195 cm³/mol. The van der Waals surface area contributed by atoms with Gasteiger partial charge in [0.15, 0.2) is 0 Å². The number of aromatic nitrogens is 4. The molecular formula is C40H30N4O8. The number of nitrogens with zero attached hydrogens (tertiary/aromatic N) is 4. The van der Waals surface area contributed by atoms with Crippen LogP contribution in [0.5, 0.6) is 0 Å². The molecule has 6 rings (SSSR count). The number of benzene rings is 2. The molecule has 0 atom stereocenters. The van der Waals surface area contributed by atoms with Crippen LogP contribution in [0.3, 0.4) is 0 Å². The average molecular weight is 695 g/mol. The Balaban J connectivity index is 0.000000185. The molecule has 0 aliphatic heterocycles. The molecule has 0 unspecified atom stereocenters. The van der Waals surface area contributed by atoms with E-state index in [-0.39, 0.29) is 0 Å². The van der Waals surface area contributed by atoms with Crippen molar-refractivity contribution in [1.82, 2.24) is 19.9 Å². The Hall–Kier alpha value is -7.60. The van der Waals surface area contributed by atoms with Gasteiger partial charge in [0.05, 0.1) is 22.3 Å². The minimum atomic E-state index is -1.51. The second-order valence-electron chi connectivity index (χ2n) is 10.5. The fourth-order valence-electron chi connectivity index (χ4n) is 4.64. The summed E-state index contributed by atoms with van der Waals surface area (Å²) in [5.74, 6) is -6.04. The molecule has 0 spiro atoms. The Morgan fingerprint density at radius 2 is 0.538 bits per heavy atom. The van der Waals surface area contributed by atoms with Crippen molar-refractivity contribution >= 4 is 48.2 Å². The van der Waals surface area contributed by atoms with Crippen LogP contribution in [0.2, 0.25) is 0 Å². The molecule has 12 nitrogen and oxygen atoms in total. The molecule has 4 heterocycles. The molecule has 0 bridgehead atoms. The maximum atomic E-state index is 11.4. The van der Waals surface area contributed by atoms with Crippen LogP contribution in [0.4, 0.5) is 0 Å². The molecular weight excluding hydrogens is 664 g/mol. The van der Waals surface area contributed by atoms with Crippen LogP contribution < -0.4 is 0 Å². The molecule has 0 saturated heterocycles. The fourth-order valence-corrected chi connectivity index (χ4v) is 4.64. The first-order valence-electron chi connectivity index (χ1n) is 15.3. The van der Waals surface area contributed by atoms with Gasteiger partial charge in [-0.1, -0.05) is 36.4 Å². The van der Waals surface area contributed by atoms with Gasteiger partial charge in [-0.3, -0.25) is 19.9 Å². The van der Waals surface area contributed by atoms with Crippen molar-refractivity contribution < 1.29 is 39.6 Å². The Morgan fingerprint density at radius 3 is 0.712 bits per heavy atom.